The van der Waals surface area contributed by atoms with Gasteiger partial charge in [-0.15, -0.1) is 11.1 Å². The van der Waals surface area contributed by atoms with Gasteiger partial charge >= 0.3 is 12.1 Å². The molecule has 0 bridgehead atoms. The van der Waals surface area contributed by atoms with Gasteiger partial charge in [-0.25, -0.2) is 9.59 Å². The van der Waals surface area contributed by atoms with Crippen LogP contribution in [-0.2, 0) is 9.53 Å². The summed E-state index contributed by atoms with van der Waals surface area (Å²) in [6.07, 6.45) is -0.736. The summed E-state index contributed by atoms with van der Waals surface area (Å²) in [6.45, 7) is 16.8. The monoisotopic (exact) mass is 531 g/mol. The van der Waals surface area contributed by atoms with E-state index in [1.807, 2.05) is 12.1 Å². The molecule has 7 heteroatoms. The third-order valence-corrected chi connectivity index (χ3v) is 7.64. The van der Waals surface area contributed by atoms with Crippen LogP contribution in [0.1, 0.15) is 42.0 Å². The Morgan fingerprint density at radius 3 is 1.73 bits per heavy atom. The Hall–Kier alpha value is -3.27. The van der Waals surface area contributed by atoms with E-state index in [2.05, 4.69) is 91.8 Å². The van der Waals surface area contributed by atoms with Gasteiger partial charge in [-0.3, -0.25) is 0 Å². The van der Waals surface area contributed by atoms with E-state index in [0.717, 1.165) is 33.4 Å². The van der Waals surface area contributed by atoms with Gasteiger partial charge in [0.05, 0.1) is 0 Å². The highest BCUT2D eigenvalue weighted by Gasteiger charge is 2.31. The number of fused-ring (bicyclic) bond motifs is 3. The second-order valence-corrected chi connectivity index (χ2v) is 21.5. The van der Waals surface area contributed by atoms with Crippen LogP contribution in [0.4, 0.5) is 4.79 Å². The topological polar surface area (TPSA) is 75.6 Å². The van der Waals surface area contributed by atoms with Gasteiger partial charge in [-0.2, -0.15) is 0 Å². The van der Waals surface area contributed by atoms with Crippen LogP contribution in [-0.4, -0.2) is 46.0 Å². The van der Waals surface area contributed by atoms with Crippen LogP contribution in [0, 0.1) is 28.8 Å². The largest absolute Gasteiger partial charge is 0.480 e. The Balaban J connectivity index is 1.97. The first kappa shape index (κ1) is 28.3. The summed E-state index contributed by atoms with van der Waals surface area (Å²) in [5.41, 5.74) is 13.0. The average molecular weight is 532 g/mol. The summed E-state index contributed by atoms with van der Waals surface area (Å²) in [6, 6.07) is 11.5. The maximum absolute atomic E-state index is 12.6. The van der Waals surface area contributed by atoms with Gasteiger partial charge in [0.25, 0.3) is 0 Å². The number of amides is 1. The highest BCUT2D eigenvalue weighted by molar-refractivity contribution is 6.84. The van der Waals surface area contributed by atoms with Gasteiger partial charge < -0.3 is 15.2 Å². The normalized spacial score (nSPS) is 13.4. The van der Waals surface area contributed by atoms with Crippen LogP contribution in [0.25, 0.3) is 11.1 Å². The number of nitrogens with one attached hydrogen (secondary N) is 1. The van der Waals surface area contributed by atoms with E-state index in [1.165, 1.54) is 0 Å². The van der Waals surface area contributed by atoms with Crippen molar-refractivity contribution in [3.05, 3.63) is 58.7 Å². The molecule has 2 aromatic carbocycles. The van der Waals surface area contributed by atoms with Crippen molar-refractivity contribution >= 4 is 28.2 Å². The van der Waals surface area contributed by atoms with Gasteiger partial charge in [0.1, 0.15) is 28.8 Å². The standard InChI is InChI=1S/C30H37NO4Si2/c1-20(2)28(29(32)33)31-30(34)35-19-27-25-17-21(13-15-36(3,4)5)9-11-23(25)24-12-10-22(18-26(24)27)14-16-37(6,7)8/h9-12,17-18,20,27-28H,19H2,1-8H3,(H,31,34)(H,32,33)/t28-/m0/s1. The van der Waals surface area contributed by atoms with E-state index >= 15 is 0 Å². The molecular formula is C30H37NO4Si2. The first-order valence-corrected chi connectivity index (χ1v) is 19.7. The minimum absolute atomic E-state index is 0.0894. The molecule has 194 valence electrons. The Kier molecular flexibility index (Phi) is 8.42. The summed E-state index contributed by atoms with van der Waals surface area (Å²) < 4.78 is 5.61. The average Bonchev–Trinajstić information content (AvgIpc) is 3.09. The summed E-state index contributed by atoms with van der Waals surface area (Å²) in [4.78, 5) is 24.1. The quantitative estimate of drug-likeness (QED) is 0.362. The molecule has 0 radical (unpaired) electrons. The number of carboxylic acids is 1. The van der Waals surface area contributed by atoms with Crippen molar-refractivity contribution in [2.45, 2.75) is 65.1 Å². The van der Waals surface area contributed by atoms with Crippen LogP contribution in [0.5, 0.6) is 0 Å². The third-order valence-electron chi connectivity index (χ3n) is 5.89. The number of carbonyl (C=O) groups is 2. The lowest BCUT2D eigenvalue weighted by Crippen LogP contribution is -2.44. The lowest BCUT2D eigenvalue weighted by Gasteiger charge is -2.19. The van der Waals surface area contributed by atoms with Gasteiger partial charge in [-0.1, -0.05) is 77.1 Å². The molecule has 0 saturated carbocycles. The Bertz CT molecular complexity index is 1250. The lowest BCUT2D eigenvalue weighted by atomic mass is 9.96. The van der Waals surface area contributed by atoms with Crippen molar-refractivity contribution in [1.29, 1.82) is 0 Å². The number of carbonyl (C=O) groups excluding carboxylic acids is 1. The third kappa shape index (κ3) is 7.61. The van der Waals surface area contributed by atoms with Crippen molar-refractivity contribution in [3.63, 3.8) is 0 Å². The number of ether oxygens (including phenoxy) is 1. The first-order valence-electron chi connectivity index (χ1n) is 12.7. The Morgan fingerprint density at radius 2 is 1.35 bits per heavy atom. The van der Waals surface area contributed by atoms with Crippen LogP contribution < -0.4 is 5.32 Å². The zero-order valence-electron chi connectivity index (χ0n) is 23.1. The molecule has 0 aliphatic heterocycles. The highest BCUT2D eigenvalue weighted by Crippen LogP contribution is 2.45. The molecular weight excluding hydrogens is 495 g/mol. The molecule has 1 aliphatic carbocycles. The second kappa shape index (κ2) is 11.0. The highest BCUT2D eigenvalue weighted by atomic mass is 28.3. The minimum Gasteiger partial charge on any atom is -0.480 e. The number of hydrogen-bond acceptors (Lipinski definition) is 3. The van der Waals surface area contributed by atoms with E-state index in [-0.39, 0.29) is 18.4 Å². The predicted octanol–water partition coefficient (Wildman–Crippen LogP) is 6.09. The Morgan fingerprint density at radius 1 is 0.892 bits per heavy atom. The molecule has 0 unspecified atom stereocenters. The van der Waals surface area contributed by atoms with E-state index < -0.39 is 34.3 Å². The van der Waals surface area contributed by atoms with Crippen molar-refractivity contribution in [2.75, 3.05) is 6.61 Å². The fraction of sp³-hybridized carbons (Fsp3) is 0.400. The molecule has 5 nitrogen and oxygen atoms in total. The molecule has 1 atom stereocenters. The molecule has 2 N–H and O–H groups in total. The molecule has 1 amide bonds. The van der Waals surface area contributed by atoms with Crippen LogP contribution in [0.2, 0.25) is 39.3 Å². The summed E-state index contributed by atoms with van der Waals surface area (Å²) in [7, 11) is -3.08. The van der Waals surface area contributed by atoms with Gasteiger partial charge in [0, 0.05) is 17.0 Å². The Labute approximate surface area is 223 Å². The number of alkyl carbamates (subject to hydrolysis) is 1. The second-order valence-electron chi connectivity index (χ2n) is 12.0. The van der Waals surface area contributed by atoms with Gasteiger partial charge in [-0.05, 0) is 52.4 Å². The number of rotatable bonds is 5. The van der Waals surface area contributed by atoms with E-state index in [0.29, 0.717) is 0 Å². The van der Waals surface area contributed by atoms with E-state index in [4.69, 9.17) is 4.74 Å². The van der Waals surface area contributed by atoms with E-state index in [1.54, 1.807) is 13.8 Å². The molecule has 3 rings (SSSR count). The van der Waals surface area contributed by atoms with Gasteiger partial charge in [0.15, 0.2) is 0 Å². The maximum Gasteiger partial charge on any atom is 0.407 e. The number of benzene rings is 2. The van der Waals surface area contributed by atoms with Crippen molar-refractivity contribution in [2.24, 2.45) is 5.92 Å². The molecule has 0 aromatic heterocycles. The first-order chi connectivity index (χ1) is 17.1. The number of aliphatic carboxylic acids is 1. The van der Waals surface area contributed by atoms with Crippen LogP contribution >= 0.6 is 0 Å². The molecule has 0 fully saturated rings. The number of carboxylic acid groups (broad SMARTS) is 1. The maximum atomic E-state index is 12.6. The minimum atomic E-state index is -1.54. The molecule has 0 spiro atoms. The smallest absolute Gasteiger partial charge is 0.407 e. The SMILES string of the molecule is CC(C)[C@H](NC(=O)OCC1c2cc(C#C[Si](C)(C)C)ccc2-c2ccc(C#C[Si](C)(C)C)cc21)C(=O)O. The summed E-state index contributed by atoms with van der Waals surface area (Å²) in [5, 5.41) is 11.9. The lowest BCUT2D eigenvalue weighted by molar-refractivity contribution is -0.140. The van der Waals surface area contributed by atoms with Crippen LogP contribution in [0.3, 0.4) is 0 Å². The van der Waals surface area contributed by atoms with Gasteiger partial charge in [0.2, 0.25) is 0 Å². The van der Waals surface area contributed by atoms with Crippen molar-refractivity contribution in [3.8, 4) is 34.1 Å². The van der Waals surface area contributed by atoms with Crippen molar-refractivity contribution < 1.29 is 19.4 Å². The van der Waals surface area contributed by atoms with Crippen LogP contribution in [0.15, 0.2) is 36.4 Å². The summed E-state index contributed by atoms with van der Waals surface area (Å²) in [5.74, 6) is 5.13. The van der Waals surface area contributed by atoms with Crippen molar-refractivity contribution in [1.82, 2.24) is 5.32 Å². The number of hydrogen-bond donors (Lipinski definition) is 2. The van der Waals surface area contributed by atoms with E-state index in [9.17, 15) is 14.7 Å². The zero-order chi connectivity index (χ0) is 27.5. The fourth-order valence-electron chi connectivity index (χ4n) is 4.06. The predicted molar refractivity (Wildman–Crippen MR) is 155 cm³/mol. The molecule has 2 aromatic rings. The zero-order valence-corrected chi connectivity index (χ0v) is 25.1. The fourth-order valence-corrected chi connectivity index (χ4v) is 5.09. The summed E-state index contributed by atoms with van der Waals surface area (Å²) >= 11 is 0. The molecule has 37 heavy (non-hydrogen) atoms. The molecule has 1 aliphatic rings. The molecule has 0 heterocycles. The molecule has 0 saturated heterocycles.